The number of rotatable bonds is 4. The minimum absolute atomic E-state index is 0.0902. The summed E-state index contributed by atoms with van der Waals surface area (Å²) in [7, 11) is 0. The van der Waals surface area contributed by atoms with Gasteiger partial charge in [0.05, 0.1) is 6.10 Å². The zero-order chi connectivity index (χ0) is 27.3. The molecule has 0 amide bonds. The lowest BCUT2D eigenvalue weighted by atomic mass is 9.45. The summed E-state index contributed by atoms with van der Waals surface area (Å²) in [6, 6.07) is 5.92. The molecule has 5 aliphatic rings. The highest BCUT2D eigenvalue weighted by molar-refractivity contribution is 5.94. The molecule has 8 atom stereocenters. The molecular weight excluding hydrogens is 499 g/mol. The van der Waals surface area contributed by atoms with Gasteiger partial charge < -0.3 is 10.2 Å². The van der Waals surface area contributed by atoms with Crippen molar-refractivity contribution in [2.45, 2.75) is 63.4 Å². The van der Waals surface area contributed by atoms with E-state index in [1.54, 1.807) is 31.0 Å². The van der Waals surface area contributed by atoms with E-state index in [-0.39, 0.29) is 43.0 Å². The molecule has 6 nitrogen and oxygen atoms in total. The van der Waals surface area contributed by atoms with Crippen LogP contribution in [0.1, 0.15) is 45.1 Å². The lowest BCUT2D eigenvalue weighted by molar-refractivity contribution is -0.267. The highest BCUT2D eigenvalue weighted by Crippen LogP contribution is 2.72. The van der Waals surface area contributed by atoms with E-state index in [1.165, 1.54) is 24.3 Å². The van der Waals surface area contributed by atoms with Crippen LogP contribution in [0.2, 0.25) is 0 Å². The SMILES string of the molecule is C[C@]12C=CC(=O)CC1=C(F)C[C@H]1[C@@H]3C[C@H]4CN(Cc5ccc(F)cc5)O[C@@]4(C(=O)CO)[C@@]3(C)C[C@H](O)[C@@]12F. The number of carbonyl (C=O) groups excluding carboxylic acids is 2. The Morgan fingerprint density at radius 2 is 1.89 bits per heavy atom. The van der Waals surface area contributed by atoms with Crippen LogP contribution in [0.25, 0.3) is 0 Å². The van der Waals surface area contributed by atoms with Gasteiger partial charge in [-0.15, -0.1) is 0 Å². The van der Waals surface area contributed by atoms with Gasteiger partial charge in [-0.3, -0.25) is 14.4 Å². The van der Waals surface area contributed by atoms with Crippen molar-refractivity contribution < 1.29 is 37.8 Å². The van der Waals surface area contributed by atoms with E-state index in [2.05, 4.69) is 0 Å². The molecule has 1 aliphatic heterocycles. The molecule has 0 spiro atoms. The molecular formula is C29H32F3NO5. The normalized spacial score (nSPS) is 44.0. The fourth-order valence-electron chi connectivity index (χ4n) is 8.80. The van der Waals surface area contributed by atoms with Crippen molar-refractivity contribution in [1.82, 2.24) is 5.06 Å². The van der Waals surface area contributed by atoms with E-state index in [9.17, 15) is 24.2 Å². The average Bonchev–Trinajstić information content (AvgIpc) is 3.35. The number of ketones is 2. The molecule has 2 saturated carbocycles. The predicted molar refractivity (Wildman–Crippen MR) is 130 cm³/mol. The third-order valence-corrected chi connectivity index (χ3v) is 10.5. The second-order valence-electron chi connectivity index (χ2n) is 12.2. The van der Waals surface area contributed by atoms with Gasteiger partial charge in [-0.2, -0.15) is 5.06 Å². The molecule has 2 N–H and O–H groups in total. The Bertz CT molecular complexity index is 1270. The summed E-state index contributed by atoms with van der Waals surface area (Å²) in [5, 5.41) is 23.2. The Hall–Kier alpha value is -2.33. The number of benzene rings is 1. The molecule has 0 unspecified atom stereocenters. The Kier molecular flexibility index (Phi) is 5.69. The summed E-state index contributed by atoms with van der Waals surface area (Å²) >= 11 is 0. The van der Waals surface area contributed by atoms with E-state index in [0.29, 0.717) is 13.0 Å². The van der Waals surface area contributed by atoms with Crippen molar-refractivity contribution >= 4 is 11.6 Å². The highest BCUT2D eigenvalue weighted by atomic mass is 19.1. The molecule has 1 aromatic rings. The maximum absolute atomic E-state index is 17.4. The first-order chi connectivity index (χ1) is 17.9. The Balaban J connectivity index is 1.40. The molecule has 9 heteroatoms. The summed E-state index contributed by atoms with van der Waals surface area (Å²) in [6.07, 6.45) is 0.861. The van der Waals surface area contributed by atoms with Crippen molar-refractivity contribution in [1.29, 1.82) is 0 Å². The summed E-state index contributed by atoms with van der Waals surface area (Å²) in [6.45, 7) is 3.14. The lowest BCUT2D eigenvalue weighted by Gasteiger charge is -2.62. The van der Waals surface area contributed by atoms with Crippen molar-refractivity contribution in [2.75, 3.05) is 13.2 Å². The van der Waals surface area contributed by atoms with Gasteiger partial charge in [-0.05, 0) is 55.0 Å². The van der Waals surface area contributed by atoms with Crippen LogP contribution in [0.15, 0.2) is 47.8 Å². The number of nitrogens with zero attached hydrogens (tertiary/aromatic N) is 1. The Morgan fingerprint density at radius 3 is 2.58 bits per heavy atom. The third kappa shape index (κ3) is 3.10. The Labute approximate surface area is 219 Å². The predicted octanol–water partition coefficient (Wildman–Crippen LogP) is 3.77. The van der Waals surface area contributed by atoms with Crippen LogP contribution in [0.4, 0.5) is 13.2 Å². The van der Waals surface area contributed by atoms with Crippen molar-refractivity contribution in [2.24, 2.45) is 28.6 Å². The zero-order valence-electron chi connectivity index (χ0n) is 21.4. The molecule has 0 radical (unpaired) electrons. The lowest BCUT2D eigenvalue weighted by Crippen LogP contribution is -2.69. The van der Waals surface area contributed by atoms with Crippen molar-refractivity contribution in [3.05, 3.63) is 59.2 Å². The second-order valence-corrected chi connectivity index (χ2v) is 12.2. The number of aliphatic hydroxyl groups excluding tert-OH is 2. The molecule has 6 rings (SSSR count). The van der Waals surface area contributed by atoms with E-state index in [0.717, 1.165) is 5.56 Å². The summed E-state index contributed by atoms with van der Waals surface area (Å²) in [4.78, 5) is 32.0. The number of aliphatic hydroxyl groups is 2. The van der Waals surface area contributed by atoms with Crippen LogP contribution in [0.5, 0.6) is 0 Å². The number of Topliss-reactive ketones (excluding diaryl/α,β-unsaturated/α-hetero) is 1. The van der Waals surface area contributed by atoms with E-state index < -0.39 is 64.2 Å². The van der Waals surface area contributed by atoms with Crippen LogP contribution in [-0.2, 0) is 21.0 Å². The van der Waals surface area contributed by atoms with Crippen LogP contribution >= 0.6 is 0 Å². The number of allylic oxidation sites excluding steroid dienone is 4. The molecule has 4 aliphatic carbocycles. The van der Waals surface area contributed by atoms with Gasteiger partial charge in [0.1, 0.15) is 18.3 Å². The molecule has 204 valence electrons. The summed E-state index contributed by atoms with van der Waals surface area (Å²) in [5.74, 6) is -3.64. The number of hydrogen-bond acceptors (Lipinski definition) is 6. The number of carbonyl (C=O) groups is 2. The highest BCUT2D eigenvalue weighted by Gasteiger charge is 2.79. The minimum Gasteiger partial charge on any atom is -0.390 e. The third-order valence-electron chi connectivity index (χ3n) is 10.5. The van der Waals surface area contributed by atoms with Crippen LogP contribution in [0.3, 0.4) is 0 Å². The smallest absolute Gasteiger partial charge is 0.192 e. The van der Waals surface area contributed by atoms with Gasteiger partial charge in [0.2, 0.25) is 0 Å². The van der Waals surface area contributed by atoms with Crippen molar-refractivity contribution in [3.63, 3.8) is 0 Å². The number of halogens is 3. The van der Waals surface area contributed by atoms with Gasteiger partial charge in [-0.25, -0.2) is 13.2 Å². The number of fused-ring (bicyclic) bond motifs is 7. The largest absolute Gasteiger partial charge is 0.390 e. The number of hydrogen-bond donors (Lipinski definition) is 2. The molecule has 1 heterocycles. The number of hydroxylamine groups is 2. The zero-order valence-corrected chi connectivity index (χ0v) is 21.4. The molecule has 1 aromatic carbocycles. The first kappa shape index (κ1) is 25.9. The van der Waals surface area contributed by atoms with Gasteiger partial charge >= 0.3 is 0 Å². The monoisotopic (exact) mass is 531 g/mol. The molecule has 0 aromatic heterocycles. The van der Waals surface area contributed by atoms with Gasteiger partial charge in [0.15, 0.2) is 22.8 Å². The summed E-state index contributed by atoms with van der Waals surface area (Å²) in [5.41, 5.74) is -5.48. The van der Waals surface area contributed by atoms with Crippen LogP contribution in [-0.4, -0.2) is 57.4 Å². The van der Waals surface area contributed by atoms with Gasteiger partial charge in [0.25, 0.3) is 0 Å². The average molecular weight is 532 g/mol. The van der Waals surface area contributed by atoms with E-state index in [4.69, 9.17) is 4.84 Å². The second kappa shape index (κ2) is 8.34. The van der Waals surface area contributed by atoms with Crippen LogP contribution in [0, 0.1) is 34.4 Å². The van der Waals surface area contributed by atoms with Crippen molar-refractivity contribution in [3.8, 4) is 0 Å². The first-order valence-corrected chi connectivity index (χ1v) is 13.2. The van der Waals surface area contributed by atoms with E-state index in [1.807, 2.05) is 0 Å². The molecule has 1 saturated heterocycles. The van der Waals surface area contributed by atoms with Gasteiger partial charge in [-0.1, -0.05) is 25.1 Å². The maximum atomic E-state index is 17.4. The standard InChI is InChI=1S/C29H32F3NO5/c1-26-8-7-19(35)10-22(26)23(31)11-21-20-9-17-14-33(13-16-3-5-18(30)6-4-16)38-29(17,25(37)15-34)27(20,2)12-24(36)28(21,26)32/h3-8,17,20-21,24,34,36H,9-15H2,1-2H3/t17-,20-,21-,24-,26-,27-,28-,29-/m0/s1. The first-order valence-electron chi connectivity index (χ1n) is 13.2. The molecule has 3 fully saturated rings. The fourth-order valence-corrected chi connectivity index (χ4v) is 8.80. The minimum atomic E-state index is -2.24. The fraction of sp³-hybridized carbons (Fsp3) is 0.586. The van der Waals surface area contributed by atoms with Crippen LogP contribution < -0.4 is 0 Å². The Morgan fingerprint density at radius 1 is 1.18 bits per heavy atom. The number of alkyl halides is 1. The topological polar surface area (TPSA) is 87.1 Å². The van der Waals surface area contributed by atoms with E-state index >= 15 is 8.78 Å². The summed E-state index contributed by atoms with van der Waals surface area (Å²) < 4.78 is 46.4. The quantitative estimate of drug-likeness (QED) is 0.615. The maximum Gasteiger partial charge on any atom is 0.192 e. The molecule has 0 bridgehead atoms. The van der Waals surface area contributed by atoms with Gasteiger partial charge in [0, 0.05) is 48.6 Å². The molecule has 38 heavy (non-hydrogen) atoms.